The molecule has 1 rings (SSSR count). The number of hydrogen-bond acceptors (Lipinski definition) is 3. The van der Waals surface area contributed by atoms with E-state index >= 15 is 0 Å². The quantitative estimate of drug-likeness (QED) is 0.464. The first-order valence-corrected chi connectivity index (χ1v) is 3.05. The Morgan fingerprint density at radius 1 is 1.33 bits per heavy atom. The molecule has 9 heavy (non-hydrogen) atoms. The molecule has 1 aliphatic rings. The molecule has 0 aromatic rings. The molecule has 1 heterocycles. The zero-order chi connectivity index (χ0) is 6.85. The zero-order valence-electron chi connectivity index (χ0n) is 5.59. The fourth-order valence-electron chi connectivity index (χ4n) is 0.920. The van der Waals surface area contributed by atoms with Gasteiger partial charge in [0.25, 0.3) is 0 Å². The van der Waals surface area contributed by atoms with E-state index in [4.69, 9.17) is 9.47 Å². The highest BCUT2D eigenvalue weighted by Crippen LogP contribution is 2.13. The smallest absolute Gasteiger partial charge is 0.431 e. The van der Waals surface area contributed by atoms with E-state index in [1.54, 1.807) is 0 Å². The van der Waals surface area contributed by atoms with Crippen LogP contribution in [0.4, 0.5) is 4.79 Å². The molecular weight excluding hydrogens is 120 g/mol. The highest BCUT2D eigenvalue weighted by molar-refractivity contribution is 5.61. The Morgan fingerprint density at radius 2 is 1.78 bits per heavy atom. The maximum Gasteiger partial charge on any atom is 0.508 e. The lowest BCUT2D eigenvalue weighted by molar-refractivity contribution is -0.0473. The molecule has 0 aromatic heterocycles. The molecular formula is C6H10O3. The van der Waals surface area contributed by atoms with Crippen LogP contribution in [0.25, 0.3) is 0 Å². The average Bonchev–Trinajstić information content (AvgIpc) is 1.59. The molecule has 0 radical (unpaired) electrons. The summed E-state index contributed by atoms with van der Waals surface area (Å²) in [5.41, 5.74) is 0. The third-order valence-corrected chi connectivity index (χ3v) is 1.26. The van der Waals surface area contributed by atoms with Crippen molar-refractivity contribution in [3.05, 3.63) is 0 Å². The maximum absolute atomic E-state index is 10.4. The molecule has 3 heteroatoms. The van der Waals surface area contributed by atoms with Crippen LogP contribution in [-0.4, -0.2) is 18.4 Å². The van der Waals surface area contributed by atoms with E-state index in [0.29, 0.717) is 0 Å². The lowest BCUT2D eigenvalue weighted by atomic mass is 10.2. The van der Waals surface area contributed by atoms with Gasteiger partial charge in [-0.1, -0.05) is 0 Å². The average molecular weight is 130 g/mol. The molecule has 0 saturated carbocycles. The van der Waals surface area contributed by atoms with Crippen LogP contribution in [0.1, 0.15) is 20.3 Å². The molecule has 1 aliphatic heterocycles. The SMILES string of the molecule is C[C@@H]1C[C@H](C)OC(=O)O1. The number of rotatable bonds is 0. The van der Waals surface area contributed by atoms with Crippen molar-refractivity contribution in [1.29, 1.82) is 0 Å². The van der Waals surface area contributed by atoms with Gasteiger partial charge in [0.15, 0.2) is 0 Å². The van der Waals surface area contributed by atoms with Crippen LogP contribution in [0.15, 0.2) is 0 Å². The molecule has 0 aromatic carbocycles. The second kappa shape index (κ2) is 2.25. The van der Waals surface area contributed by atoms with E-state index in [9.17, 15) is 4.79 Å². The van der Waals surface area contributed by atoms with Crippen molar-refractivity contribution in [3.63, 3.8) is 0 Å². The number of ether oxygens (including phenoxy) is 2. The van der Waals surface area contributed by atoms with Gasteiger partial charge < -0.3 is 9.47 Å². The Kier molecular flexibility index (Phi) is 1.60. The minimum Gasteiger partial charge on any atom is -0.431 e. The molecule has 0 bridgehead atoms. The third kappa shape index (κ3) is 1.59. The van der Waals surface area contributed by atoms with Gasteiger partial charge in [0.1, 0.15) is 12.2 Å². The van der Waals surface area contributed by atoms with Crippen molar-refractivity contribution in [2.45, 2.75) is 32.5 Å². The molecule has 0 unspecified atom stereocenters. The first-order valence-electron chi connectivity index (χ1n) is 3.05. The van der Waals surface area contributed by atoms with Crippen molar-refractivity contribution in [2.24, 2.45) is 0 Å². The lowest BCUT2D eigenvalue weighted by Crippen LogP contribution is -2.30. The van der Waals surface area contributed by atoms with Crippen molar-refractivity contribution in [1.82, 2.24) is 0 Å². The number of cyclic esters (lactones) is 2. The number of carbonyl (C=O) groups excluding carboxylic acids is 1. The molecule has 52 valence electrons. The third-order valence-electron chi connectivity index (χ3n) is 1.26. The van der Waals surface area contributed by atoms with Gasteiger partial charge in [0, 0.05) is 6.42 Å². The Balaban J connectivity index is 2.43. The van der Waals surface area contributed by atoms with Crippen LogP contribution in [-0.2, 0) is 9.47 Å². The van der Waals surface area contributed by atoms with Gasteiger partial charge in [-0.15, -0.1) is 0 Å². The molecule has 1 fully saturated rings. The minimum absolute atomic E-state index is 0.0150. The Hall–Kier alpha value is -0.730. The molecule has 0 amide bonds. The summed E-state index contributed by atoms with van der Waals surface area (Å²) in [5, 5.41) is 0. The second-order valence-corrected chi connectivity index (χ2v) is 2.34. The van der Waals surface area contributed by atoms with Crippen molar-refractivity contribution >= 4 is 6.16 Å². The second-order valence-electron chi connectivity index (χ2n) is 2.34. The van der Waals surface area contributed by atoms with Gasteiger partial charge >= 0.3 is 6.16 Å². The van der Waals surface area contributed by atoms with Crippen molar-refractivity contribution < 1.29 is 14.3 Å². The van der Waals surface area contributed by atoms with Gasteiger partial charge in [-0.25, -0.2) is 4.79 Å². The summed E-state index contributed by atoms with van der Waals surface area (Å²) in [4.78, 5) is 10.4. The summed E-state index contributed by atoms with van der Waals surface area (Å²) in [6.45, 7) is 3.72. The summed E-state index contributed by atoms with van der Waals surface area (Å²) >= 11 is 0. The maximum atomic E-state index is 10.4. The minimum atomic E-state index is -0.541. The van der Waals surface area contributed by atoms with E-state index in [1.165, 1.54) is 0 Å². The Bertz CT molecular complexity index is 109. The molecule has 2 atom stereocenters. The van der Waals surface area contributed by atoms with E-state index in [1.807, 2.05) is 13.8 Å². The highest BCUT2D eigenvalue weighted by Gasteiger charge is 2.22. The Labute approximate surface area is 53.9 Å². The largest absolute Gasteiger partial charge is 0.508 e. The summed E-state index contributed by atoms with van der Waals surface area (Å²) in [6, 6.07) is 0. The van der Waals surface area contributed by atoms with Crippen LogP contribution in [0, 0.1) is 0 Å². The molecule has 0 spiro atoms. The lowest BCUT2D eigenvalue weighted by Gasteiger charge is -2.23. The predicted octanol–water partition coefficient (Wildman–Crippen LogP) is 1.32. The summed E-state index contributed by atoms with van der Waals surface area (Å²) in [6.07, 6.45) is 0.287. The summed E-state index contributed by atoms with van der Waals surface area (Å²) < 4.78 is 9.39. The summed E-state index contributed by atoms with van der Waals surface area (Å²) in [7, 11) is 0. The van der Waals surface area contributed by atoms with Crippen molar-refractivity contribution in [2.75, 3.05) is 0 Å². The van der Waals surface area contributed by atoms with Gasteiger partial charge in [0.05, 0.1) is 0 Å². The van der Waals surface area contributed by atoms with Gasteiger partial charge in [-0.05, 0) is 13.8 Å². The van der Waals surface area contributed by atoms with E-state index < -0.39 is 6.16 Å². The molecule has 0 N–H and O–H groups in total. The van der Waals surface area contributed by atoms with Crippen LogP contribution in [0.2, 0.25) is 0 Å². The highest BCUT2D eigenvalue weighted by atomic mass is 16.7. The molecule has 0 aliphatic carbocycles. The predicted molar refractivity (Wildman–Crippen MR) is 31.1 cm³/mol. The number of carbonyl (C=O) groups is 1. The van der Waals surface area contributed by atoms with Crippen LogP contribution >= 0.6 is 0 Å². The van der Waals surface area contributed by atoms with Gasteiger partial charge in [-0.3, -0.25) is 0 Å². The molecule has 1 saturated heterocycles. The zero-order valence-corrected chi connectivity index (χ0v) is 5.59. The van der Waals surface area contributed by atoms with E-state index in [0.717, 1.165) is 6.42 Å². The molecule has 3 nitrogen and oxygen atoms in total. The van der Waals surface area contributed by atoms with Crippen LogP contribution < -0.4 is 0 Å². The normalized spacial score (nSPS) is 35.1. The Morgan fingerprint density at radius 3 is 2.11 bits per heavy atom. The fraction of sp³-hybridized carbons (Fsp3) is 0.833. The first kappa shape index (κ1) is 6.39. The van der Waals surface area contributed by atoms with Crippen molar-refractivity contribution in [3.8, 4) is 0 Å². The fourth-order valence-corrected chi connectivity index (χ4v) is 0.920. The van der Waals surface area contributed by atoms with Crippen LogP contribution in [0.3, 0.4) is 0 Å². The van der Waals surface area contributed by atoms with E-state index in [2.05, 4.69) is 0 Å². The van der Waals surface area contributed by atoms with Crippen LogP contribution in [0.5, 0.6) is 0 Å². The van der Waals surface area contributed by atoms with Gasteiger partial charge in [0.2, 0.25) is 0 Å². The first-order chi connectivity index (χ1) is 4.18. The monoisotopic (exact) mass is 130 g/mol. The standard InChI is InChI=1S/C6H10O3/c1-4-3-5(2)9-6(7)8-4/h4-5H,3H2,1-2H3/t4-,5+. The summed E-state index contributed by atoms with van der Waals surface area (Å²) in [5.74, 6) is 0. The van der Waals surface area contributed by atoms with Gasteiger partial charge in [-0.2, -0.15) is 0 Å². The number of hydrogen-bond donors (Lipinski definition) is 0. The topological polar surface area (TPSA) is 35.5 Å². The van der Waals surface area contributed by atoms with E-state index in [-0.39, 0.29) is 12.2 Å².